The lowest BCUT2D eigenvalue weighted by molar-refractivity contribution is -0.670. The molecule has 36 heavy (non-hydrogen) atoms. The van der Waals surface area contributed by atoms with Crippen molar-refractivity contribution in [1.82, 2.24) is 0 Å². The average Bonchev–Trinajstić information content (AvgIpc) is 2.96. The molecule has 6 aromatic rings. The third-order valence-corrected chi connectivity index (χ3v) is 7.03. The van der Waals surface area contributed by atoms with Crippen molar-refractivity contribution in [1.29, 1.82) is 0 Å². The number of hydrogen-bond acceptors (Lipinski definition) is 0. The van der Waals surface area contributed by atoms with Crippen molar-refractivity contribution in [2.45, 2.75) is 0 Å². The van der Waals surface area contributed by atoms with Crippen molar-refractivity contribution in [3.63, 3.8) is 0 Å². The van der Waals surface area contributed by atoms with Gasteiger partial charge in [0, 0.05) is 11.5 Å². The molecule has 0 unspecified atom stereocenters. The van der Waals surface area contributed by atoms with Crippen LogP contribution in [-0.2, 0) is 7.05 Å². The van der Waals surface area contributed by atoms with Crippen LogP contribution in [0.4, 0.5) is 0 Å². The van der Waals surface area contributed by atoms with E-state index in [1.165, 1.54) is 32.6 Å². The maximum atomic E-state index is 2.26. The first-order chi connectivity index (χ1) is 17.8. The minimum absolute atomic E-state index is 1.22. The van der Waals surface area contributed by atoms with Crippen LogP contribution >= 0.6 is 0 Å². The number of nitrogens with zero attached hydrogens (tertiary/aromatic N) is 1. The maximum Gasteiger partial charge on any atom is 0.176 e. The average molecular weight is 463 g/mol. The van der Waals surface area contributed by atoms with Crippen LogP contribution in [0, 0.1) is 0 Å². The van der Waals surface area contributed by atoms with E-state index in [0.717, 1.165) is 0 Å². The second-order valence-corrected chi connectivity index (χ2v) is 9.25. The molecule has 1 nitrogen and oxygen atoms in total. The maximum absolute atomic E-state index is 2.26. The summed E-state index contributed by atoms with van der Waals surface area (Å²) in [6.45, 7) is 0. The lowest BCUT2D eigenvalue weighted by Crippen LogP contribution is -2.74. The predicted molar refractivity (Wildman–Crippen MR) is 155 cm³/mol. The Balaban J connectivity index is 0.000000202. The van der Waals surface area contributed by atoms with Gasteiger partial charge in [0.1, 0.15) is 13.2 Å². The van der Waals surface area contributed by atoms with Gasteiger partial charge in [0.2, 0.25) is 0 Å². The predicted octanol–water partition coefficient (Wildman–Crippen LogP) is 4.73. The highest BCUT2D eigenvalue weighted by molar-refractivity contribution is 7.19. The van der Waals surface area contributed by atoms with Crippen LogP contribution in [0.1, 0.15) is 0 Å². The van der Waals surface area contributed by atoms with Gasteiger partial charge in [0.25, 0.3) is 0 Å². The third-order valence-electron chi connectivity index (χ3n) is 7.03. The van der Waals surface area contributed by atoms with Crippen LogP contribution in [0.2, 0.25) is 0 Å². The molecule has 0 amide bonds. The molecule has 1 heterocycles. The molecule has 0 radical (unpaired) electrons. The minimum atomic E-state index is -1.22. The SMILES string of the molecule is C[n+]1ccc2ccccc2c1.c1ccc([B-](c2ccccc2)(c2ccccc2)c2ccccc2)cc1. The van der Waals surface area contributed by atoms with Crippen molar-refractivity contribution in [2.75, 3.05) is 0 Å². The Bertz CT molecular complexity index is 1350. The molecule has 0 N–H and O–H groups in total. The topological polar surface area (TPSA) is 3.88 Å². The summed E-state index contributed by atoms with van der Waals surface area (Å²) in [6, 6.07) is 54.0. The van der Waals surface area contributed by atoms with Crippen molar-refractivity contribution in [3.05, 3.63) is 164 Å². The standard InChI is InChI=1S/C24H20B.C10H10N/c1-5-13-21(14-6-1)25(22-15-7-2-8-16-22,23-17-9-3-10-18-23)24-19-11-4-12-20-24;1-11-7-6-9-4-2-3-5-10(9)8-11/h1-20H;2-8H,1H3/q-1;+1. The normalized spacial score (nSPS) is 10.9. The summed E-state index contributed by atoms with van der Waals surface area (Å²) in [5.74, 6) is 0. The number of aromatic nitrogens is 1. The highest BCUT2D eigenvalue weighted by Gasteiger charge is 2.30. The molecule has 0 bridgehead atoms. The summed E-state index contributed by atoms with van der Waals surface area (Å²) in [4.78, 5) is 0. The Morgan fingerprint density at radius 2 is 0.722 bits per heavy atom. The molecule has 2 heteroatoms. The Morgan fingerprint density at radius 3 is 1.11 bits per heavy atom. The van der Waals surface area contributed by atoms with Crippen LogP contribution in [0.15, 0.2) is 164 Å². The van der Waals surface area contributed by atoms with Crippen LogP contribution in [-0.4, -0.2) is 6.15 Å². The van der Waals surface area contributed by atoms with E-state index in [2.05, 4.69) is 169 Å². The molecule has 0 aliphatic carbocycles. The molecule has 1 aromatic heterocycles. The number of rotatable bonds is 4. The summed E-state index contributed by atoms with van der Waals surface area (Å²) in [5.41, 5.74) is 5.36. The summed E-state index contributed by atoms with van der Waals surface area (Å²) < 4.78 is 2.06. The van der Waals surface area contributed by atoms with Gasteiger partial charge in [-0.25, -0.2) is 4.57 Å². The van der Waals surface area contributed by atoms with E-state index in [1.807, 2.05) is 7.05 Å². The number of aryl methyl sites for hydroxylation is 1. The number of pyridine rings is 1. The van der Waals surface area contributed by atoms with Gasteiger partial charge in [-0.15, -0.1) is 0 Å². The summed E-state index contributed by atoms with van der Waals surface area (Å²) >= 11 is 0. The van der Waals surface area contributed by atoms with Gasteiger partial charge < -0.3 is 0 Å². The van der Waals surface area contributed by atoms with E-state index in [4.69, 9.17) is 0 Å². The molecule has 0 spiro atoms. The van der Waals surface area contributed by atoms with Crippen molar-refractivity contribution < 1.29 is 4.57 Å². The molecule has 0 atom stereocenters. The van der Waals surface area contributed by atoms with Crippen molar-refractivity contribution >= 4 is 38.8 Å². The molecular formula is C34H30BN. The summed E-state index contributed by atoms with van der Waals surface area (Å²) in [7, 11) is 2.03. The number of fused-ring (bicyclic) bond motifs is 1. The molecule has 0 aliphatic heterocycles. The van der Waals surface area contributed by atoms with Crippen LogP contribution in [0.25, 0.3) is 10.8 Å². The van der Waals surface area contributed by atoms with Crippen LogP contribution in [0.5, 0.6) is 0 Å². The van der Waals surface area contributed by atoms with Gasteiger partial charge in [-0.05, 0) is 11.5 Å². The summed E-state index contributed by atoms with van der Waals surface area (Å²) in [6.07, 6.45) is 2.96. The van der Waals surface area contributed by atoms with Crippen molar-refractivity contribution in [2.24, 2.45) is 7.05 Å². The fraction of sp³-hybridized carbons (Fsp3) is 0.0294. The van der Waals surface area contributed by atoms with Gasteiger partial charge in [-0.3, -0.25) is 0 Å². The second-order valence-electron chi connectivity index (χ2n) is 9.25. The number of benzene rings is 5. The van der Waals surface area contributed by atoms with Crippen LogP contribution < -0.4 is 26.4 Å². The monoisotopic (exact) mass is 463 g/mol. The van der Waals surface area contributed by atoms with Crippen LogP contribution in [0.3, 0.4) is 0 Å². The quantitative estimate of drug-likeness (QED) is 0.263. The van der Waals surface area contributed by atoms with Gasteiger partial charge in [-0.2, -0.15) is 21.9 Å². The van der Waals surface area contributed by atoms with Gasteiger partial charge in [0.15, 0.2) is 12.4 Å². The minimum Gasteiger partial charge on any atom is -0.207 e. The zero-order valence-electron chi connectivity index (χ0n) is 20.6. The van der Waals surface area contributed by atoms with E-state index < -0.39 is 6.15 Å². The highest BCUT2D eigenvalue weighted by Crippen LogP contribution is 2.10. The Kier molecular flexibility index (Phi) is 7.05. The first kappa shape index (κ1) is 23.3. The van der Waals surface area contributed by atoms with E-state index >= 15 is 0 Å². The molecule has 0 aliphatic rings. The van der Waals surface area contributed by atoms with Gasteiger partial charge >= 0.3 is 0 Å². The van der Waals surface area contributed by atoms with E-state index in [9.17, 15) is 0 Å². The zero-order valence-corrected chi connectivity index (χ0v) is 20.6. The number of hydrogen-bond donors (Lipinski definition) is 0. The fourth-order valence-corrected chi connectivity index (χ4v) is 5.36. The second kappa shape index (κ2) is 10.9. The third kappa shape index (κ3) is 4.71. The molecular weight excluding hydrogens is 433 g/mol. The van der Waals surface area contributed by atoms with E-state index in [-0.39, 0.29) is 0 Å². The largest absolute Gasteiger partial charge is 0.207 e. The fourth-order valence-electron chi connectivity index (χ4n) is 5.36. The highest BCUT2D eigenvalue weighted by atomic mass is 14.9. The molecule has 6 rings (SSSR count). The molecule has 0 saturated carbocycles. The Labute approximate surface area is 214 Å². The Morgan fingerprint density at radius 1 is 0.389 bits per heavy atom. The molecule has 174 valence electrons. The Hall–Kier alpha value is -4.43. The smallest absolute Gasteiger partial charge is 0.176 e. The van der Waals surface area contributed by atoms with Gasteiger partial charge in [0.05, 0.1) is 0 Å². The van der Waals surface area contributed by atoms with Crippen molar-refractivity contribution in [3.8, 4) is 0 Å². The lowest BCUT2D eigenvalue weighted by Gasteiger charge is -2.44. The van der Waals surface area contributed by atoms with Gasteiger partial charge in [-0.1, -0.05) is 140 Å². The molecule has 0 saturated heterocycles. The molecule has 0 fully saturated rings. The van der Waals surface area contributed by atoms with E-state index in [0.29, 0.717) is 0 Å². The zero-order chi connectivity index (χ0) is 24.6. The first-order valence-corrected chi connectivity index (χ1v) is 12.5. The van der Waals surface area contributed by atoms with E-state index in [1.54, 1.807) is 0 Å². The lowest BCUT2D eigenvalue weighted by atomic mass is 9.13. The molecule has 5 aromatic carbocycles. The summed E-state index contributed by atoms with van der Waals surface area (Å²) in [5, 5.41) is 2.59. The first-order valence-electron chi connectivity index (χ1n) is 12.5.